The summed E-state index contributed by atoms with van der Waals surface area (Å²) in [6, 6.07) is 54.4. The third-order valence-corrected chi connectivity index (χ3v) is 9.72. The van der Waals surface area contributed by atoms with Crippen LogP contribution >= 0.6 is 0 Å². The molecule has 3 nitrogen and oxygen atoms in total. The molecule has 2 aromatic heterocycles. The summed E-state index contributed by atoms with van der Waals surface area (Å²) in [6.07, 6.45) is 0. The van der Waals surface area contributed by atoms with Crippen LogP contribution in [0.15, 0.2) is 156 Å². The van der Waals surface area contributed by atoms with E-state index in [-0.39, 0.29) is 0 Å². The Morgan fingerprint density at radius 1 is 0.489 bits per heavy atom. The van der Waals surface area contributed by atoms with Crippen molar-refractivity contribution in [3.8, 4) is 27.9 Å². The van der Waals surface area contributed by atoms with Gasteiger partial charge in [0.15, 0.2) is 0 Å². The van der Waals surface area contributed by atoms with Crippen LogP contribution in [0.1, 0.15) is 5.82 Å². The highest BCUT2D eigenvalue weighted by Crippen LogP contribution is 2.45. The molecule has 0 saturated heterocycles. The van der Waals surface area contributed by atoms with Crippen LogP contribution in [-0.2, 0) is 0 Å². The Balaban J connectivity index is 1.19. The summed E-state index contributed by atoms with van der Waals surface area (Å²) < 4.78 is 8.70. The molecule has 0 spiro atoms. The molecule has 0 radical (unpaired) electrons. The van der Waals surface area contributed by atoms with Crippen molar-refractivity contribution in [2.24, 2.45) is 0 Å². The van der Waals surface area contributed by atoms with Gasteiger partial charge in [0.05, 0.1) is 11.0 Å². The Bertz CT molecular complexity index is 2800. The molecule has 0 aliphatic rings. The van der Waals surface area contributed by atoms with E-state index in [1.54, 1.807) is 0 Å². The standard InChI is InChI=1S/C44H28N2O/c1-27-45-39-16-8-9-17-40(39)46(27)31-22-18-29(19-23-31)42-33-12-4-6-14-35(33)43(36-15-7-5-13-34(36)42)30-21-25-41-38(26-30)37-24-20-28-10-2-3-11-32(28)44(37)47-41/h2-26H,1H3. The molecule has 220 valence electrons. The molecule has 10 aromatic rings. The lowest BCUT2D eigenvalue weighted by Gasteiger charge is -2.18. The van der Waals surface area contributed by atoms with Gasteiger partial charge in [0.1, 0.15) is 17.0 Å². The first-order valence-corrected chi connectivity index (χ1v) is 16.1. The fourth-order valence-electron chi connectivity index (χ4n) is 7.66. The molecule has 0 aliphatic heterocycles. The summed E-state index contributed by atoms with van der Waals surface area (Å²) in [7, 11) is 0. The van der Waals surface area contributed by atoms with Crippen LogP contribution in [0.4, 0.5) is 0 Å². The topological polar surface area (TPSA) is 31.0 Å². The molecule has 0 amide bonds. The number of nitrogens with zero attached hydrogens (tertiary/aromatic N) is 2. The van der Waals surface area contributed by atoms with Crippen molar-refractivity contribution in [2.45, 2.75) is 6.92 Å². The second-order valence-corrected chi connectivity index (χ2v) is 12.3. The minimum absolute atomic E-state index is 0.909. The van der Waals surface area contributed by atoms with Crippen molar-refractivity contribution in [2.75, 3.05) is 0 Å². The van der Waals surface area contributed by atoms with E-state index in [1.807, 2.05) is 6.07 Å². The molecule has 0 bridgehead atoms. The number of benzene rings is 8. The van der Waals surface area contributed by atoms with Gasteiger partial charge >= 0.3 is 0 Å². The van der Waals surface area contributed by atoms with Crippen molar-refractivity contribution in [3.63, 3.8) is 0 Å². The van der Waals surface area contributed by atoms with Crippen molar-refractivity contribution in [1.82, 2.24) is 9.55 Å². The SMILES string of the molecule is Cc1nc2ccccc2n1-c1ccc(-c2c3ccccc3c(-c3ccc4oc5c6ccccc6ccc5c4c3)c3ccccc23)cc1. The molecule has 0 atom stereocenters. The number of aromatic nitrogens is 2. The minimum atomic E-state index is 0.909. The molecule has 3 heteroatoms. The van der Waals surface area contributed by atoms with Gasteiger partial charge in [-0.15, -0.1) is 0 Å². The van der Waals surface area contributed by atoms with E-state index in [4.69, 9.17) is 9.40 Å². The van der Waals surface area contributed by atoms with Gasteiger partial charge in [-0.2, -0.15) is 0 Å². The number of para-hydroxylation sites is 2. The highest BCUT2D eigenvalue weighted by atomic mass is 16.3. The molecule has 47 heavy (non-hydrogen) atoms. The highest BCUT2D eigenvalue weighted by molar-refractivity contribution is 6.22. The van der Waals surface area contributed by atoms with Gasteiger partial charge in [-0.1, -0.05) is 109 Å². The fourth-order valence-corrected chi connectivity index (χ4v) is 7.66. The number of rotatable bonds is 3. The maximum Gasteiger partial charge on any atom is 0.143 e. The van der Waals surface area contributed by atoms with Crippen molar-refractivity contribution >= 4 is 65.3 Å². The Morgan fingerprint density at radius 2 is 1.09 bits per heavy atom. The van der Waals surface area contributed by atoms with E-state index >= 15 is 0 Å². The van der Waals surface area contributed by atoms with E-state index in [9.17, 15) is 0 Å². The van der Waals surface area contributed by atoms with Crippen LogP contribution in [0.5, 0.6) is 0 Å². The molecule has 10 rings (SSSR count). The van der Waals surface area contributed by atoms with Crippen molar-refractivity contribution in [1.29, 1.82) is 0 Å². The zero-order chi connectivity index (χ0) is 31.1. The molecular weight excluding hydrogens is 572 g/mol. The lowest BCUT2D eigenvalue weighted by molar-refractivity contribution is 0.672. The molecular formula is C44H28N2O. The average Bonchev–Trinajstić information content (AvgIpc) is 3.67. The molecule has 2 heterocycles. The third-order valence-electron chi connectivity index (χ3n) is 9.72. The molecule has 0 aliphatic carbocycles. The maximum absolute atomic E-state index is 6.47. The number of hydrogen-bond acceptors (Lipinski definition) is 2. The summed E-state index contributed by atoms with van der Waals surface area (Å²) >= 11 is 0. The van der Waals surface area contributed by atoms with Crippen LogP contribution in [0.3, 0.4) is 0 Å². The zero-order valence-electron chi connectivity index (χ0n) is 25.7. The second kappa shape index (κ2) is 9.90. The second-order valence-electron chi connectivity index (χ2n) is 12.3. The lowest BCUT2D eigenvalue weighted by atomic mass is 9.85. The van der Waals surface area contributed by atoms with Gasteiger partial charge in [-0.05, 0) is 98.6 Å². The summed E-state index contributed by atoms with van der Waals surface area (Å²) in [5.41, 5.74) is 9.97. The molecule has 0 unspecified atom stereocenters. The number of fused-ring (bicyclic) bond motifs is 8. The Morgan fingerprint density at radius 3 is 1.81 bits per heavy atom. The molecule has 0 saturated carbocycles. The van der Waals surface area contributed by atoms with E-state index in [0.29, 0.717) is 0 Å². The first-order chi connectivity index (χ1) is 23.2. The van der Waals surface area contributed by atoms with Crippen LogP contribution in [-0.4, -0.2) is 9.55 Å². The van der Waals surface area contributed by atoms with Gasteiger partial charge in [0.2, 0.25) is 0 Å². The minimum Gasteiger partial charge on any atom is -0.455 e. The monoisotopic (exact) mass is 600 g/mol. The third kappa shape index (κ3) is 3.84. The van der Waals surface area contributed by atoms with E-state index in [0.717, 1.165) is 49.9 Å². The zero-order valence-corrected chi connectivity index (χ0v) is 25.7. The largest absolute Gasteiger partial charge is 0.455 e. The molecule has 0 fully saturated rings. The quantitative estimate of drug-likeness (QED) is 0.189. The van der Waals surface area contributed by atoms with Crippen LogP contribution < -0.4 is 0 Å². The van der Waals surface area contributed by atoms with Crippen LogP contribution in [0, 0.1) is 6.92 Å². The van der Waals surface area contributed by atoms with E-state index in [2.05, 4.69) is 157 Å². The number of hydrogen-bond donors (Lipinski definition) is 0. The van der Waals surface area contributed by atoms with Crippen molar-refractivity contribution < 1.29 is 4.42 Å². The average molecular weight is 601 g/mol. The Kier molecular flexibility index (Phi) is 5.49. The summed E-state index contributed by atoms with van der Waals surface area (Å²) in [5.74, 6) is 0.981. The Hall–Kier alpha value is -6.19. The molecule has 0 N–H and O–H groups in total. The lowest BCUT2D eigenvalue weighted by Crippen LogP contribution is -1.97. The van der Waals surface area contributed by atoms with E-state index in [1.165, 1.54) is 49.2 Å². The van der Waals surface area contributed by atoms with Crippen LogP contribution in [0.25, 0.3) is 93.2 Å². The predicted molar refractivity (Wildman–Crippen MR) is 196 cm³/mol. The predicted octanol–water partition coefficient (Wildman–Crippen LogP) is 12.0. The van der Waals surface area contributed by atoms with Gasteiger partial charge in [-0.3, -0.25) is 4.57 Å². The highest BCUT2D eigenvalue weighted by Gasteiger charge is 2.19. The summed E-state index contributed by atoms with van der Waals surface area (Å²) in [5, 5.41) is 9.56. The van der Waals surface area contributed by atoms with Gasteiger partial charge in [0, 0.05) is 21.8 Å². The maximum atomic E-state index is 6.47. The number of furan rings is 1. The fraction of sp³-hybridized carbons (Fsp3) is 0.0227. The van der Waals surface area contributed by atoms with Gasteiger partial charge in [0.25, 0.3) is 0 Å². The number of aryl methyl sites for hydroxylation is 1. The molecule has 8 aromatic carbocycles. The first kappa shape index (κ1) is 26.1. The van der Waals surface area contributed by atoms with Crippen molar-refractivity contribution in [3.05, 3.63) is 157 Å². The van der Waals surface area contributed by atoms with Crippen LogP contribution in [0.2, 0.25) is 0 Å². The number of imidazole rings is 1. The van der Waals surface area contributed by atoms with Gasteiger partial charge < -0.3 is 4.42 Å². The van der Waals surface area contributed by atoms with Gasteiger partial charge in [-0.25, -0.2) is 4.98 Å². The smallest absolute Gasteiger partial charge is 0.143 e. The Labute approximate surface area is 270 Å². The summed E-state index contributed by atoms with van der Waals surface area (Å²) in [4.78, 5) is 4.79. The first-order valence-electron chi connectivity index (χ1n) is 16.1. The normalized spacial score (nSPS) is 11.9. The summed E-state index contributed by atoms with van der Waals surface area (Å²) in [6.45, 7) is 2.07. The van der Waals surface area contributed by atoms with E-state index < -0.39 is 0 Å².